The van der Waals surface area contributed by atoms with Gasteiger partial charge in [0.15, 0.2) is 11.6 Å². The van der Waals surface area contributed by atoms with Crippen LogP contribution in [0.15, 0.2) is 36.7 Å². The molecule has 0 unspecified atom stereocenters. The molecule has 1 aromatic heterocycles. The van der Waals surface area contributed by atoms with Gasteiger partial charge in [0.25, 0.3) is 0 Å². The number of halogens is 1. The summed E-state index contributed by atoms with van der Waals surface area (Å²) in [7, 11) is 1.65. The Labute approximate surface area is 170 Å². The van der Waals surface area contributed by atoms with Gasteiger partial charge in [-0.05, 0) is 25.0 Å². The van der Waals surface area contributed by atoms with Crippen molar-refractivity contribution in [1.82, 2.24) is 14.5 Å². The number of carbonyl (C=O) groups is 1. The van der Waals surface area contributed by atoms with E-state index in [0.29, 0.717) is 39.0 Å². The van der Waals surface area contributed by atoms with Gasteiger partial charge < -0.3 is 23.7 Å². The molecule has 1 amide bonds. The lowest BCUT2D eigenvalue weighted by Crippen LogP contribution is -2.39. The molecule has 1 aliphatic rings. The number of imidazole rings is 1. The molecular weight excluding hydrogens is 377 g/mol. The molecule has 0 aliphatic carbocycles. The molecule has 0 atom stereocenters. The van der Waals surface area contributed by atoms with E-state index in [1.54, 1.807) is 31.5 Å². The smallest absolute Gasteiger partial charge is 0.225 e. The standard InChI is InChI=1S/C21H28FN3O4/c1-27-14-15-28-16-25-12-9-23-21(25)17-6-10-24(11-7-17)20(26)8-13-29-19-5-3-2-4-18(19)22/h2-5,9,12,17H,6-8,10-11,13-16H2,1H3. The first-order chi connectivity index (χ1) is 14.2. The third kappa shape index (κ3) is 6.01. The highest BCUT2D eigenvalue weighted by atomic mass is 19.1. The normalized spacial score (nSPS) is 14.9. The summed E-state index contributed by atoms with van der Waals surface area (Å²) in [6.07, 6.45) is 5.65. The van der Waals surface area contributed by atoms with Gasteiger partial charge >= 0.3 is 0 Å². The summed E-state index contributed by atoms with van der Waals surface area (Å²) in [5, 5.41) is 0. The highest BCUT2D eigenvalue weighted by Gasteiger charge is 2.26. The Morgan fingerprint density at radius 3 is 2.76 bits per heavy atom. The van der Waals surface area contributed by atoms with Crippen molar-refractivity contribution in [3.63, 3.8) is 0 Å². The number of aromatic nitrogens is 2. The molecule has 158 valence electrons. The summed E-state index contributed by atoms with van der Waals surface area (Å²) in [5.74, 6) is 1.10. The predicted octanol–water partition coefficient (Wildman–Crippen LogP) is 2.82. The number of methoxy groups -OCH3 is 1. The van der Waals surface area contributed by atoms with Crippen LogP contribution in [0.1, 0.15) is 31.0 Å². The van der Waals surface area contributed by atoms with Crippen LogP contribution < -0.4 is 4.74 Å². The number of carbonyl (C=O) groups excluding carboxylic acids is 1. The molecule has 0 radical (unpaired) electrons. The Kier molecular flexibility index (Phi) is 8.01. The molecule has 1 aliphatic heterocycles. The quantitative estimate of drug-likeness (QED) is 0.569. The molecule has 0 N–H and O–H groups in total. The van der Waals surface area contributed by atoms with E-state index in [-0.39, 0.29) is 24.7 Å². The molecule has 8 heteroatoms. The van der Waals surface area contributed by atoms with Gasteiger partial charge in [-0.3, -0.25) is 4.79 Å². The molecule has 7 nitrogen and oxygen atoms in total. The van der Waals surface area contributed by atoms with E-state index in [1.807, 2.05) is 15.7 Å². The van der Waals surface area contributed by atoms with E-state index in [1.165, 1.54) is 6.07 Å². The predicted molar refractivity (Wildman–Crippen MR) is 105 cm³/mol. The monoisotopic (exact) mass is 405 g/mol. The number of nitrogens with zero attached hydrogens (tertiary/aromatic N) is 3. The zero-order chi connectivity index (χ0) is 20.5. The summed E-state index contributed by atoms with van der Waals surface area (Å²) >= 11 is 0. The van der Waals surface area contributed by atoms with Gasteiger partial charge in [0, 0.05) is 38.5 Å². The fraction of sp³-hybridized carbons (Fsp3) is 0.524. The van der Waals surface area contributed by atoms with Crippen LogP contribution in [-0.4, -0.2) is 60.4 Å². The van der Waals surface area contributed by atoms with Crippen LogP contribution in [0.4, 0.5) is 4.39 Å². The lowest BCUT2D eigenvalue weighted by Gasteiger charge is -2.32. The molecule has 2 heterocycles. The number of rotatable bonds is 10. The zero-order valence-corrected chi connectivity index (χ0v) is 16.8. The first-order valence-corrected chi connectivity index (χ1v) is 9.92. The Morgan fingerprint density at radius 2 is 2.00 bits per heavy atom. The Morgan fingerprint density at radius 1 is 1.21 bits per heavy atom. The Bertz CT molecular complexity index is 775. The Hall–Kier alpha value is -2.45. The number of benzene rings is 1. The molecule has 1 fully saturated rings. The third-order valence-corrected chi connectivity index (χ3v) is 5.03. The molecule has 0 saturated carbocycles. The van der Waals surface area contributed by atoms with E-state index < -0.39 is 5.82 Å². The highest BCUT2D eigenvalue weighted by Crippen LogP contribution is 2.27. The number of piperidine rings is 1. The fourth-order valence-electron chi connectivity index (χ4n) is 3.45. The summed E-state index contributed by atoms with van der Waals surface area (Å²) in [5.41, 5.74) is 0. The number of amides is 1. The van der Waals surface area contributed by atoms with Crippen molar-refractivity contribution in [3.8, 4) is 5.75 Å². The molecule has 0 bridgehead atoms. The molecule has 29 heavy (non-hydrogen) atoms. The number of likely N-dealkylation sites (tertiary alicyclic amines) is 1. The lowest BCUT2D eigenvalue weighted by molar-refractivity contribution is -0.132. The first-order valence-electron chi connectivity index (χ1n) is 9.92. The number of ether oxygens (including phenoxy) is 3. The minimum atomic E-state index is -0.414. The minimum Gasteiger partial charge on any atom is -0.490 e. The van der Waals surface area contributed by atoms with Crippen molar-refractivity contribution in [2.45, 2.75) is 31.9 Å². The highest BCUT2D eigenvalue weighted by molar-refractivity contribution is 5.76. The van der Waals surface area contributed by atoms with Gasteiger partial charge in [-0.15, -0.1) is 0 Å². The Balaban J connectivity index is 1.41. The van der Waals surface area contributed by atoms with Crippen molar-refractivity contribution < 1.29 is 23.4 Å². The second kappa shape index (κ2) is 10.9. The summed E-state index contributed by atoms with van der Waals surface area (Å²) in [4.78, 5) is 18.8. The van der Waals surface area contributed by atoms with Crippen LogP contribution >= 0.6 is 0 Å². The van der Waals surface area contributed by atoms with Crippen LogP contribution in [0.25, 0.3) is 0 Å². The summed E-state index contributed by atoms with van der Waals surface area (Å²) < 4.78 is 31.5. The summed E-state index contributed by atoms with van der Waals surface area (Å²) in [6, 6.07) is 6.22. The van der Waals surface area contributed by atoms with Crippen LogP contribution in [0.3, 0.4) is 0 Å². The lowest BCUT2D eigenvalue weighted by atomic mass is 9.95. The average molecular weight is 405 g/mol. The van der Waals surface area contributed by atoms with E-state index in [4.69, 9.17) is 14.2 Å². The van der Waals surface area contributed by atoms with Crippen LogP contribution in [0.5, 0.6) is 5.75 Å². The molecule has 3 rings (SSSR count). The number of hydrogen-bond acceptors (Lipinski definition) is 5. The van der Waals surface area contributed by atoms with Crippen LogP contribution in [-0.2, 0) is 21.0 Å². The maximum Gasteiger partial charge on any atom is 0.225 e. The second-order valence-corrected chi connectivity index (χ2v) is 6.97. The number of para-hydroxylation sites is 1. The fourth-order valence-corrected chi connectivity index (χ4v) is 3.45. The van der Waals surface area contributed by atoms with E-state index >= 15 is 0 Å². The van der Waals surface area contributed by atoms with Crippen molar-refractivity contribution in [1.29, 1.82) is 0 Å². The van der Waals surface area contributed by atoms with Crippen LogP contribution in [0.2, 0.25) is 0 Å². The molecular formula is C21H28FN3O4. The van der Waals surface area contributed by atoms with Gasteiger partial charge in [0.05, 0.1) is 26.2 Å². The van der Waals surface area contributed by atoms with Crippen molar-refractivity contribution in [2.75, 3.05) is 40.0 Å². The third-order valence-electron chi connectivity index (χ3n) is 5.03. The molecule has 1 saturated heterocycles. The van der Waals surface area contributed by atoms with Crippen molar-refractivity contribution in [3.05, 3.63) is 48.3 Å². The molecule has 2 aromatic rings. The molecule has 1 aromatic carbocycles. The average Bonchev–Trinajstić information content (AvgIpc) is 3.21. The zero-order valence-electron chi connectivity index (χ0n) is 16.8. The van der Waals surface area contributed by atoms with Gasteiger partial charge in [0.2, 0.25) is 5.91 Å². The van der Waals surface area contributed by atoms with Gasteiger partial charge in [-0.1, -0.05) is 12.1 Å². The van der Waals surface area contributed by atoms with E-state index in [2.05, 4.69) is 4.98 Å². The topological polar surface area (TPSA) is 65.8 Å². The van der Waals surface area contributed by atoms with Gasteiger partial charge in [-0.25, -0.2) is 9.37 Å². The van der Waals surface area contributed by atoms with E-state index in [9.17, 15) is 9.18 Å². The van der Waals surface area contributed by atoms with Gasteiger partial charge in [-0.2, -0.15) is 0 Å². The SMILES string of the molecule is COCCOCn1ccnc1C1CCN(C(=O)CCOc2ccccc2F)CC1. The van der Waals surface area contributed by atoms with Gasteiger partial charge in [0.1, 0.15) is 12.6 Å². The maximum absolute atomic E-state index is 13.6. The second-order valence-electron chi connectivity index (χ2n) is 6.97. The van der Waals surface area contributed by atoms with Crippen molar-refractivity contribution >= 4 is 5.91 Å². The van der Waals surface area contributed by atoms with E-state index in [0.717, 1.165) is 18.7 Å². The molecule has 0 spiro atoms. The first kappa shape index (κ1) is 21.3. The minimum absolute atomic E-state index is 0.0334. The maximum atomic E-state index is 13.6. The number of hydrogen-bond donors (Lipinski definition) is 0. The van der Waals surface area contributed by atoms with Crippen molar-refractivity contribution in [2.24, 2.45) is 0 Å². The summed E-state index contributed by atoms with van der Waals surface area (Å²) in [6.45, 7) is 3.08. The van der Waals surface area contributed by atoms with Crippen LogP contribution in [0, 0.1) is 5.82 Å². The largest absolute Gasteiger partial charge is 0.490 e.